The van der Waals surface area contributed by atoms with Crippen LogP contribution in [0.2, 0.25) is 0 Å². The van der Waals surface area contributed by atoms with Crippen molar-refractivity contribution in [2.45, 2.75) is 51.6 Å². The van der Waals surface area contributed by atoms with Crippen molar-refractivity contribution >= 4 is 23.7 Å². The fraction of sp³-hybridized carbons (Fsp3) is 0.296. The Morgan fingerprint density at radius 2 is 1.73 bits per heavy atom. The van der Waals surface area contributed by atoms with E-state index in [4.69, 9.17) is 0 Å². The van der Waals surface area contributed by atoms with Crippen LogP contribution < -0.4 is 10.6 Å². The molecule has 0 saturated heterocycles. The van der Waals surface area contributed by atoms with E-state index in [0.717, 1.165) is 24.0 Å². The molecule has 2 aromatic carbocycles. The summed E-state index contributed by atoms with van der Waals surface area (Å²) in [5.74, 6) is 0.346. The SMILES string of the molecule is CC(C)(C)c1ccc(Cn2nccc2NC(=O)C=Cc2ccc(C(=O)NC3CC3)cc2)cc1. The molecule has 0 aliphatic heterocycles. The first kappa shape index (κ1) is 22.5. The normalized spacial score (nSPS) is 13.8. The Kier molecular flexibility index (Phi) is 6.45. The van der Waals surface area contributed by atoms with Crippen molar-refractivity contribution in [1.29, 1.82) is 0 Å². The van der Waals surface area contributed by atoms with E-state index in [0.29, 0.717) is 24.0 Å². The lowest BCUT2D eigenvalue weighted by Crippen LogP contribution is -2.25. The molecule has 33 heavy (non-hydrogen) atoms. The summed E-state index contributed by atoms with van der Waals surface area (Å²) < 4.78 is 1.77. The smallest absolute Gasteiger partial charge is 0.251 e. The van der Waals surface area contributed by atoms with E-state index in [1.807, 2.05) is 12.1 Å². The molecule has 6 heteroatoms. The Morgan fingerprint density at radius 1 is 1.03 bits per heavy atom. The van der Waals surface area contributed by atoms with Gasteiger partial charge in [0.2, 0.25) is 5.91 Å². The Hall–Kier alpha value is -3.67. The second-order valence-corrected chi connectivity index (χ2v) is 9.51. The number of hydrogen-bond donors (Lipinski definition) is 2. The number of carbonyl (C=O) groups is 2. The van der Waals surface area contributed by atoms with Crippen molar-refractivity contribution in [3.8, 4) is 0 Å². The number of amides is 2. The van der Waals surface area contributed by atoms with Crippen LogP contribution in [0.4, 0.5) is 5.82 Å². The number of hydrogen-bond acceptors (Lipinski definition) is 3. The number of nitrogens with zero attached hydrogens (tertiary/aromatic N) is 2. The lowest BCUT2D eigenvalue weighted by atomic mass is 9.87. The number of anilines is 1. The molecule has 4 rings (SSSR count). The molecule has 0 atom stereocenters. The number of carbonyl (C=O) groups excluding carboxylic acids is 2. The van der Waals surface area contributed by atoms with Gasteiger partial charge in [-0.25, -0.2) is 4.68 Å². The topological polar surface area (TPSA) is 76.0 Å². The first-order valence-electron chi connectivity index (χ1n) is 11.3. The van der Waals surface area contributed by atoms with Crippen LogP contribution >= 0.6 is 0 Å². The van der Waals surface area contributed by atoms with E-state index in [2.05, 4.69) is 60.8 Å². The Morgan fingerprint density at radius 3 is 2.36 bits per heavy atom. The quantitative estimate of drug-likeness (QED) is 0.518. The largest absolute Gasteiger partial charge is 0.349 e. The highest BCUT2D eigenvalue weighted by atomic mass is 16.2. The van der Waals surface area contributed by atoms with Gasteiger partial charge in [-0.05, 0) is 53.2 Å². The standard InChI is InChI=1S/C27H30N4O2/c1-27(2,3)22-11-6-20(7-12-22)18-31-24(16-17-28-31)30-25(32)15-8-19-4-9-21(10-5-19)26(33)29-23-13-14-23/h4-12,15-17,23H,13-14,18H2,1-3H3,(H,29,33)(H,30,32). The number of rotatable bonds is 7. The third-order valence-corrected chi connectivity index (χ3v) is 5.63. The average Bonchev–Trinajstić information content (AvgIpc) is 3.50. The molecule has 0 unspecified atom stereocenters. The fourth-order valence-corrected chi connectivity index (χ4v) is 3.43. The van der Waals surface area contributed by atoms with Gasteiger partial charge in [-0.3, -0.25) is 9.59 Å². The van der Waals surface area contributed by atoms with Crippen LogP contribution in [0, 0.1) is 0 Å². The van der Waals surface area contributed by atoms with E-state index in [1.165, 1.54) is 11.6 Å². The van der Waals surface area contributed by atoms with Crippen LogP contribution in [-0.2, 0) is 16.8 Å². The molecule has 2 amide bonds. The average molecular weight is 443 g/mol. The fourth-order valence-electron chi connectivity index (χ4n) is 3.43. The van der Waals surface area contributed by atoms with Gasteiger partial charge < -0.3 is 10.6 Å². The van der Waals surface area contributed by atoms with Crippen LogP contribution in [0.1, 0.15) is 60.7 Å². The maximum atomic E-state index is 12.4. The lowest BCUT2D eigenvalue weighted by Gasteiger charge is -2.19. The van der Waals surface area contributed by atoms with Crippen LogP contribution in [0.5, 0.6) is 0 Å². The molecule has 1 heterocycles. The van der Waals surface area contributed by atoms with Gasteiger partial charge in [0.1, 0.15) is 5.82 Å². The van der Waals surface area contributed by atoms with E-state index in [1.54, 1.807) is 35.2 Å². The maximum Gasteiger partial charge on any atom is 0.251 e. The van der Waals surface area contributed by atoms with Gasteiger partial charge in [0.25, 0.3) is 5.91 Å². The van der Waals surface area contributed by atoms with Gasteiger partial charge in [-0.2, -0.15) is 5.10 Å². The minimum atomic E-state index is -0.240. The zero-order valence-electron chi connectivity index (χ0n) is 19.3. The molecular formula is C27H30N4O2. The van der Waals surface area contributed by atoms with Gasteiger partial charge in [0, 0.05) is 23.7 Å². The minimum Gasteiger partial charge on any atom is -0.349 e. The molecular weight excluding hydrogens is 412 g/mol. The summed E-state index contributed by atoms with van der Waals surface area (Å²) in [7, 11) is 0. The van der Waals surface area contributed by atoms with Gasteiger partial charge in [-0.1, -0.05) is 57.2 Å². The monoisotopic (exact) mass is 442 g/mol. The van der Waals surface area contributed by atoms with Crippen molar-refractivity contribution in [2.75, 3.05) is 5.32 Å². The van der Waals surface area contributed by atoms with Crippen LogP contribution in [-0.4, -0.2) is 27.6 Å². The molecule has 0 spiro atoms. The highest BCUT2D eigenvalue weighted by molar-refractivity contribution is 6.01. The zero-order valence-corrected chi connectivity index (χ0v) is 19.3. The second-order valence-electron chi connectivity index (χ2n) is 9.51. The summed E-state index contributed by atoms with van der Waals surface area (Å²) in [5, 5.41) is 10.2. The zero-order chi connectivity index (χ0) is 23.4. The molecule has 0 radical (unpaired) electrons. The van der Waals surface area contributed by atoms with E-state index >= 15 is 0 Å². The van der Waals surface area contributed by atoms with Crippen molar-refractivity contribution in [3.05, 3.63) is 89.1 Å². The Bertz CT molecular complexity index is 1150. The van der Waals surface area contributed by atoms with E-state index in [9.17, 15) is 9.59 Å². The summed E-state index contributed by atoms with van der Waals surface area (Å²) in [6, 6.07) is 17.8. The molecule has 3 aromatic rings. The van der Waals surface area contributed by atoms with Gasteiger partial charge >= 0.3 is 0 Å². The molecule has 1 aromatic heterocycles. The molecule has 1 fully saturated rings. The van der Waals surface area contributed by atoms with Crippen molar-refractivity contribution in [1.82, 2.24) is 15.1 Å². The molecule has 6 nitrogen and oxygen atoms in total. The Labute approximate surface area is 194 Å². The number of benzene rings is 2. The van der Waals surface area contributed by atoms with Crippen molar-refractivity contribution in [3.63, 3.8) is 0 Å². The molecule has 1 aliphatic rings. The van der Waals surface area contributed by atoms with Crippen LogP contribution in [0.3, 0.4) is 0 Å². The van der Waals surface area contributed by atoms with Crippen LogP contribution in [0.15, 0.2) is 66.9 Å². The van der Waals surface area contributed by atoms with Gasteiger partial charge in [0.05, 0.1) is 12.7 Å². The summed E-state index contributed by atoms with van der Waals surface area (Å²) in [5.41, 5.74) is 3.98. The van der Waals surface area contributed by atoms with Gasteiger partial charge in [-0.15, -0.1) is 0 Å². The maximum absolute atomic E-state index is 12.4. The lowest BCUT2D eigenvalue weighted by molar-refractivity contribution is -0.111. The highest BCUT2D eigenvalue weighted by Gasteiger charge is 2.23. The number of aromatic nitrogens is 2. The summed E-state index contributed by atoms with van der Waals surface area (Å²) in [6.45, 7) is 7.14. The first-order valence-corrected chi connectivity index (χ1v) is 11.3. The first-order chi connectivity index (χ1) is 15.8. The minimum absolute atomic E-state index is 0.0490. The third-order valence-electron chi connectivity index (χ3n) is 5.63. The Balaban J connectivity index is 1.34. The van der Waals surface area contributed by atoms with E-state index < -0.39 is 0 Å². The highest BCUT2D eigenvalue weighted by Crippen LogP contribution is 2.23. The third kappa shape index (κ3) is 6.19. The molecule has 1 saturated carbocycles. The van der Waals surface area contributed by atoms with Gasteiger partial charge in [0.15, 0.2) is 0 Å². The van der Waals surface area contributed by atoms with Crippen LogP contribution in [0.25, 0.3) is 6.08 Å². The predicted molar refractivity (Wildman–Crippen MR) is 131 cm³/mol. The molecule has 0 bridgehead atoms. The summed E-state index contributed by atoms with van der Waals surface area (Å²) in [4.78, 5) is 24.5. The predicted octanol–water partition coefficient (Wildman–Crippen LogP) is 4.77. The van der Waals surface area contributed by atoms with E-state index in [-0.39, 0.29) is 17.2 Å². The summed E-state index contributed by atoms with van der Waals surface area (Å²) in [6.07, 6.45) is 7.00. The second kappa shape index (κ2) is 9.45. The molecule has 2 N–H and O–H groups in total. The molecule has 1 aliphatic carbocycles. The number of nitrogens with one attached hydrogen (secondary N) is 2. The van der Waals surface area contributed by atoms with Crippen molar-refractivity contribution < 1.29 is 9.59 Å². The van der Waals surface area contributed by atoms with Crippen molar-refractivity contribution in [2.24, 2.45) is 0 Å². The summed E-state index contributed by atoms with van der Waals surface area (Å²) >= 11 is 0. The molecule has 170 valence electrons.